The molecule has 11 heavy (non-hydrogen) atoms. The van der Waals surface area contributed by atoms with Gasteiger partial charge in [-0.05, 0) is 12.1 Å². The molecule has 1 aromatic heterocycles. The molecule has 0 radical (unpaired) electrons. The van der Waals surface area contributed by atoms with Gasteiger partial charge in [0.05, 0.1) is 0 Å². The summed E-state index contributed by atoms with van der Waals surface area (Å²) in [5.74, 6) is 0. The van der Waals surface area contributed by atoms with Crippen molar-refractivity contribution in [1.82, 2.24) is 4.98 Å². The minimum atomic E-state index is 0.403. The molecule has 4 heteroatoms. The van der Waals surface area contributed by atoms with E-state index in [9.17, 15) is 4.79 Å². The Morgan fingerprint density at radius 3 is 2.55 bits per heavy atom. The van der Waals surface area contributed by atoms with E-state index in [1.54, 1.807) is 12.1 Å². The van der Waals surface area contributed by atoms with Gasteiger partial charge in [0, 0.05) is 18.9 Å². The quantitative estimate of drug-likeness (QED) is 0.512. The predicted octanol–water partition coefficient (Wildman–Crippen LogP) is 1.16. The van der Waals surface area contributed by atoms with E-state index in [0.29, 0.717) is 10.7 Å². The van der Waals surface area contributed by atoms with E-state index < -0.39 is 0 Å². The Kier molecular flexibility index (Phi) is 5.33. The van der Waals surface area contributed by atoms with Gasteiger partial charge in [-0.3, -0.25) is 4.79 Å². The second kappa shape index (κ2) is 5.82. The molecule has 1 aromatic rings. The van der Waals surface area contributed by atoms with Crippen LogP contribution < -0.4 is 0 Å². The predicted molar refractivity (Wildman–Crippen MR) is 42.8 cm³/mol. The number of rotatable bonds is 1. The molecule has 0 aliphatic carbocycles. The van der Waals surface area contributed by atoms with Crippen LogP contribution in [-0.2, 0) is 0 Å². The molecule has 1 N–H and O–H groups in total. The molecule has 0 aliphatic heterocycles. The van der Waals surface area contributed by atoms with Crippen LogP contribution in [-0.4, -0.2) is 23.5 Å². The van der Waals surface area contributed by atoms with Crippen molar-refractivity contribution in [3.8, 4) is 0 Å². The number of nitrogens with zero attached hydrogens (tertiary/aromatic N) is 1. The van der Waals surface area contributed by atoms with Crippen molar-refractivity contribution in [2.24, 2.45) is 0 Å². The van der Waals surface area contributed by atoms with Crippen LogP contribution in [0.1, 0.15) is 10.4 Å². The zero-order valence-electron chi connectivity index (χ0n) is 5.99. The van der Waals surface area contributed by atoms with Gasteiger partial charge in [0.15, 0.2) is 6.29 Å². The molecule has 0 fully saturated rings. The minimum absolute atomic E-state index is 0.403. The molecule has 1 heterocycles. The van der Waals surface area contributed by atoms with Crippen LogP contribution in [0.4, 0.5) is 0 Å². The van der Waals surface area contributed by atoms with Crippen LogP contribution in [0.5, 0.6) is 0 Å². The van der Waals surface area contributed by atoms with Crippen molar-refractivity contribution < 1.29 is 9.90 Å². The molecule has 0 bridgehead atoms. The van der Waals surface area contributed by atoms with Crippen LogP contribution in [0.15, 0.2) is 18.3 Å². The Morgan fingerprint density at radius 1 is 1.55 bits per heavy atom. The van der Waals surface area contributed by atoms with Gasteiger partial charge in [-0.2, -0.15) is 0 Å². The van der Waals surface area contributed by atoms with Crippen LogP contribution in [0.2, 0.25) is 5.15 Å². The van der Waals surface area contributed by atoms with Gasteiger partial charge in [-0.1, -0.05) is 11.6 Å². The first-order valence-electron chi connectivity index (χ1n) is 2.84. The van der Waals surface area contributed by atoms with Crippen molar-refractivity contribution in [2.45, 2.75) is 0 Å². The van der Waals surface area contributed by atoms with E-state index in [0.717, 1.165) is 13.4 Å². The standard InChI is InChI=1S/C6H4ClNO.CH4O/c7-6-2-1-5(4-9)3-8-6;1-2/h1-4H;2H,1H3. The minimum Gasteiger partial charge on any atom is -0.400 e. The van der Waals surface area contributed by atoms with Crippen molar-refractivity contribution in [2.75, 3.05) is 7.11 Å². The summed E-state index contributed by atoms with van der Waals surface area (Å²) < 4.78 is 0. The Labute approximate surface area is 69.6 Å². The first-order chi connectivity index (χ1) is 5.33. The number of carbonyl (C=O) groups is 1. The topological polar surface area (TPSA) is 50.2 Å². The summed E-state index contributed by atoms with van der Waals surface area (Å²) in [6.45, 7) is 0. The normalized spacial score (nSPS) is 7.91. The van der Waals surface area contributed by atoms with E-state index in [1.807, 2.05) is 0 Å². The highest BCUT2D eigenvalue weighted by Crippen LogP contribution is 2.02. The molecule has 0 aromatic carbocycles. The first-order valence-corrected chi connectivity index (χ1v) is 3.22. The second-order valence-corrected chi connectivity index (χ2v) is 1.92. The van der Waals surface area contributed by atoms with Gasteiger partial charge in [0.25, 0.3) is 0 Å². The number of aromatic nitrogens is 1. The highest BCUT2D eigenvalue weighted by atomic mass is 35.5. The fraction of sp³-hybridized carbons (Fsp3) is 0.143. The summed E-state index contributed by atoms with van der Waals surface area (Å²) in [5.41, 5.74) is 0.541. The van der Waals surface area contributed by atoms with Gasteiger partial charge in [0.2, 0.25) is 0 Å². The second-order valence-electron chi connectivity index (χ2n) is 1.53. The van der Waals surface area contributed by atoms with Gasteiger partial charge in [-0.15, -0.1) is 0 Å². The number of hydrogen-bond acceptors (Lipinski definition) is 3. The van der Waals surface area contributed by atoms with Gasteiger partial charge < -0.3 is 5.11 Å². The lowest BCUT2D eigenvalue weighted by molar-refractivity contribution is 0.112. The monoisotopic (exact) mass is 173 g/mol. The maximum Gasteiger partial charge on any atom is 0.151 e. The number of aliphatic hydroxyl groups excluding tert-OH is 1. The summed E-state index contributed by atoms with van der Waals surface area (Å²) in [5, 5.41) is 7.40. The summed E-state index contributed by atoms with van der Waals surface area (Å²) in [4.78, 5) is 13.7. The lowest BCUT2D eigenvalue weighted by Gasteiger charge is -1.86. The SMILES string of the molecule is CO.O=Cc1ccc(Cl)nc1. The molecule has 0 aliphatic rings. The summed E-state index contributed by atoms with van der Waals surface area (Å²) in [6, 6.07) is 3.19. The van der Waals surface area contributed by atoms with Crippen molar-refractivity contribution in [3.05, 3.63) is 29.0 Å². The lowest BCUT2D eigenvalue weighted by Crippen LogP contribution is -1.79. The number of aliphatic hydroxyl groups is 1. The van der Waals surface area contributed by atoms with Crippen molar-refractivity contribution >= 4 is 17.9 Å². The summed E-state index contributed by atoms with van der Waals surface area (Å²) in [6.07, 6.45) is 2.15. The van der Waals surface area contributed by atoms with Gasteiger partial charge >= 0.3 is 0 Å². The van der Waals surface area contributed by atoms with E-state index in [-0.39, 0.29) is 0 Å². The molecule has 0 atom stereocenters. The Hall–Kier alpha value is -0.930. The third-order valence-corrected chi connectivity index (χ3v) is 1.11. The lowest BCUT2D eigenvalue weighted by atomic mass is 10.3. The number of carbonyl (C=O) groups excluding carboxylic acids is 1. The number of aldehydes is 1. The fourth-order valence-corrected chi connectivity index (χ4v) is 0.569. The van der Waals surface area contributed by atoms with Crippen LogP contribution in [0.25, 0.3) is 0 Å². The molecule has 1 rings (SSSR count). The Bertz CT molecular complexity index is 210. The molecular formula is C7H8ClNO2. The fourth-order valence-electron chi connectivity index (χ4n) is 0.457. The number of pyridine rings is 1. The highest BCUT2D eigenvalue weighted by Gasteiger charge is 1.88. The van der Waals surface area contributed by atoms with E-state index in [2.05, 4.69) is 4.98 Å². The Morgan fingerprint density at radius 2 is 2.18 bits per heavy atom. The van der Waals surface area contributed by atoms with Crippen LogP contribution >= 0.6 is 11.6 Å². The maximum atomic E-state index is 10.0. The molecule has 0 saturated heterocycles. The zero-order chi connectivity index (χ0) is 8.69. The molecule has 0 unspecified atom stereocenters. The van der Waals surface area contributed by atoms with Crippen LogP contribution in [0.3, 0.4) is 0 Å². The maximum absolute atomic E-state index is 10.0. The van der Waals surface area contributed by atoms with Crippen molar-refractivity contribution in [1.29, 1.82) is 0 Å². The van der Waals surface area contributed by atoms with E-state index in [1.165, 1.54) is 6.20 Å². The van der Waals surface area contributed by atoms with Gasteiger partial charge in [0.1, 0.15) is 5.15 Å². The molecule has 3 nitrogen and oxygen atoms in total. The molecule has 0 spiro atoms. The molecule has 0 saturated carbocycles. The van der Waals surface area contributed by atoms with Crippen molar-refractivity contribution in [3.63, 3.8) is 0 Å². The van der Waals surface area contributed by atoms with Gasteiger partial charge in [-0.25, -0.2) is 4.98 Å². The number of hydrogen-bond donors (Lipinski definition) is 1. The van der Waals surface area contributed by atoms with E-state index >= 15 is 0 Å². The highest BCUT2D eigenvalue weighted by molar-refractivity contribution is 6.29. The van der Waals surface area contributed by atoms with Crippen LogP contribution in [0, 0.1) is 0 Å². The zero-order valence-corrected chi connectivity index (χ0v) is 6.75. The largest absolute Gasteiger partial charge is 0.400 e. The first kappa shape index (κ1) is 10.1. The average molecular weight is 174 g/mol. The third kappa shape index (κ3) is 3.70. The summed E-state index contributed by atoms with van der Waals surface area (Å²) in [7, 11) is 1.00. The van der Waals surface area contributed by atoms with E-state index in [4.69, 9.17) is 16.7 Å². The molecular weight excluding hydrogens is 166 g/mol. The average Bonchev–Trinajstić information content (AvgIpc) is 2.10. The molecule has 0 amide bonds. The number of halogens is 1. The molecule has 60 valence electrons. The smallest absolute Gasteiger partial charge is 0.151 e. The third-order valence-electron chi connectivity index (χ3n) is 0.886. The Balaban J connectivity index is 0.000000461. The summed E-state index contributed by atoms with van der Waals surface area (Å²) >= 11 is 5.44.